The summed E-state index contributed by atoms with van der Waals surface area (Å²) in [5.41, 5.74) is 0. The third-order valence-electron chi connectivity index (χ3n) is 3.54. The van der Waals surface area contributed by atoms with E-state index in [1.54, 1.807) is 0 Å². The van der Waals surface area contributed by atoms with Gasteiger partial charge in [-0.1, -0.05) is 12.8 Å². The van der Waals surface area contributed by atoms with Gasteiger partial charge < -0.3 is 10.1 Å². The molecule has 0 spiro atoms. The molecule has 3 nitrogen and oxygen atoms in total. The van der Waals surface area contributed by atoms with Crippen molar-refractivity contribution < 1.29 is 9.53 Å². The van der Waals surface area contributed by atoms with Crippen molar-refractivity contribution in [3.63, 3.8) is 0 Å². The summed E-state index contributed by atoms with van der Waals surface area (Å²) in [6.45, 7) is 2.03. The molecule has 0 radical (unpaired) electrons. The Morgan fingerprint density at radius 1 is 1.20 bits per heavy atom. The second-order valence-electron chi connectivity index (χ2n) is 4.74. The highest BCUT2D eigenvalue weighted by Crippen LogP contribution is 2.18. The lowest BCUT2D eigenvalue weighted by Crippen LogP contribution is -2.37. The molecule has 1 saturated carbocycles. The summed E-state index contributed by atoms with van der Waals surface area (Å²) in [6.07, 6.45) is 7.19. The molecule has 86 valence electrons. The number of ketones is 1. The summed E-state index contributed by atoms with van der Waals surface area (Å²) in [4.78, 5) is 11.8. The first-order valence-corrected chi connectivity index (χ1v) is 6.20. The van der Waals surface area contributed by atoms with Crippen molar-refractivity contribution in [1.82, 2.24) is 5.32 Å². The minimum Gasteiger partial charge on any atom is -0.381 e. The van der Waals surface area contributed by atoms with Gasteiger partial charge in [-0.25, -0.2) is 0 Å². The fourth-order valence-electron chi connectivity index (χ4n) is 2.51. The molecule has 2 fully saturated rings. The minimum absolute atomic E-state index is 0.160. The first-order valence-electron chi connectivity index (χ1n) is 6.20. The lowest BCUT2D eigenvalue weighted by Gasteiger charge is -2.21. The maximum Gasteiger partial charge on any atom is 0.151 e. The van der Waals surface area contributed by atoms with Crippen LogP contribution in [-0.2, 0) is 9.53 Å². The zero-order valence-electron chi connectivity index (χ0n) is 9.34. The molecule has 1 atom stereocenters. The number of nitrogens with one attached hydrogen (secondary N) is 1. The third-order valence-corrected chi connectivity index (χ3v) is 3.54. The van der Waals surface area contributed by atoms with E-state index in [0.29, 0.717) is 25.0 Å². The highest BCUT2D eigenvalue weighted by atomic mass is 16.5. The predicted octanol–water partition coefficient (Wildman–Crippen LogP) is 1.51. The Morgan fingerprint density at radius 3 is 2.67 bits per heavy atom. The van der Waals surface area contributed by atoms with Crippen LogP contribution in [0, 0.1) is 5.92 Å². The number of carbonyl (C=O) groups is 1. The molecule has 0 aromatic carbocycles. The van der Waals surface area contributed by atoms with Gasteiger partial charge in [0.25, 0.3) is 0 Å². The zero-order valence-corrected chi connectivity index (χ0v) is 9.34. The standard InChI is InChI=1S/C12H21NO2/c14-12(10-4-3-7-15-9-10)8-13-11-5-1-2-6-11/h10-11,13H,1-9H2. The number of hydrogen-bond acceptors (Lipinski definition) is 3. The average Bonchev–Trinajstić information content (AvgIpc) is 2.80. The van der Waals surface area contributed by atoms with E-state index in [0.717, 1.165) is 19.4 Å². The topological polar surface area (TPSA) is 38.3 Å². The van der Waals surface area contributed by atoms with Gasteiger partial charge in [0, 0.05) is 18.6 Å². The largest absolute Gasteiger partial charge is 0.381 e. The zero-order chi connectivity index (χ0) is 10.5. The molecule has 2 aliphatic rings. The van der Waals surface area contributed by atoms with E-state index in [1.807, 2.05) is 0 Å². The summed E-state index contributed by atoms with van der Waals surface area (Å²) < 4.78 is 5.33. The number of hydrogen-bond donors (Lipinski definition) is 1. The average molecular weight is 211 g/mol. The van der Waals surface area contributed by atoms with E-state index in [1.165, 1.54) is 25.7 Å². The Labute approximate surface area is 91.6 Å². The van der Waals surface area contributed by atoms with Gasteiger partial charge in [-0.05, 0) is 25.7 Å². The Kier molecular flexibility index (Phi) is 4.15. The molecule has 0 bridgehead atoms. The maximum absolute atomic E-state index is 11.8. The van der Waals surface area contributed by atoms with E-state index in [2.05, 4.69) is 5.32 Å². The minimum atomic E-state index is 0.160. The van der Waals surface area contributed by atoms with Gasteiger partial charge in [0.1, 0.15) is 0 Å². The van der Waals surface area contributed by atoms with E-state index in [4.69, 9.17) is 4.74 Å². The Morgan fingerprint density at radius 2 is 2.00 bits per heavy atom. The molecule has 1 aliphatic carbocycles. The molecule has 2 rings (SSSR count). The van der Waals surface area contributed by atoms with Gasteiger partial charge in [0.15, 0.2) is 5.78 Å². The smallest absolute Gasteiger partial charge is 0.151 e. The molecule has 1 aliphatic heterocycles. The summed E-state index contributed by atoms with van der Waals surface area (Å²) in [5.74, 6) is 0.509. The van der Waals surface area contributed by atoms with Crippen LogP contribution in [0.2, 0.25) is 0 Å². The first-order chi connectivity index (χ1) is 7.36. The van der Waals surface area contributed by atoms with Crippen LogP contribution in [0.1, 0.15) is 38.5 Å². The summed E-state index contributed by atoms with van der Waals surface area (Å²) in [5, 5.41) is 3.37. The molecule has 0 aromatic rings. The van der Waals surface area contributed by atoms with Crippen LogP contribution < -0.4 is 5.32 Å². The van der Waals surface area contributed by atoms with Crippen molar-refractivity contribution in [2.45, 2.75) is 44.6 Å². The molecule has 1 saturated heterocycles. The normalized spacial score (nSPS) is 28.1. The molecule has 1 unspecified atom stereocenters. The second-order valence-corrected chi connectivity index (χ2v) is 4.74. The Hall–Kier alpha value is -0.410. The second kappa shape index (κ2) is 5.61. The maximum atomic E-state index is 11.8. The third kappa shape index (κ3) is 3.28. The van der Waals surface area contributed by atoms with Crippen molar-refractivity contribution in [3.8, 4) is 0 Å². The molecule has 1 heterocycles. The molecular weight excluding hydrogens is 190 g/mol. The van der Waals surface area contributed by atoms with E-state index < -0.39 is 0 Å². The number of carbonyl (C=O) groups excluding carboxylic acids is 1. The lowest BCUT2D eigenvalue weighted by molar-refractivity contribution is -0.126. The van der Waals surface area contributed by atoms with Crippen LogP contribution in [0.3, 0.4) is 0 Å². The predicted molar refractivity (Wildman–Crippen MR) is 58.8 cm³/mol. The SMILES string of the molecule is O=C(CNC1CCCC1)C1CCCOC1. The van der Waals surface area contributed by atoms with E-state index >= 15 is 0 Å². The molecule has 0 aromatic heterocycles. The Balaban J connectivity index is 1.66. The van der Waals surface area contributed by atoms with Crippen LogP contribution in [0.25, 0.3) is 0 Å². The van der Waals surface area contributed by atoms with Crippen molar-refractivity contribution >= 4 is 5.78 Å². The fraction of sp³-hybridized carbons (Fsp3) is 0.917. The van der Waals surface area contributed by atoms with Crippen LogP contribution >= 0.6 is 0 Å². The van der Waals surface area contributed by atoms with E-state index in [9.17, 15) is 4.79 Å². The molecule has 0 amide bonds. The molecule has 15 heavy (non-hydrogen) atoms. The highest BCUT2D eigenvalue weighted by Gasteiger charge is 2.22. The van der Waals surface area contributed by atoms with Gasteiger partial charge in [-0.15, -0.1) is 0 Å². The van der Waals surface area contributed by atoms with Gasteiger partial charge in [0.2, 0.25) is 0 Å². The van der Waals surface area contributed by atoms with Crippen molar-refractivity contribution in [2.24, 2.45) is 5.92 Å². The van der Waals surface area contributed by atoms with Gasteiger partial charge in [0.05, 0.1) is 13.2 Å². The quantitative estimate of drug-likeness (QED) is 0.766. The molecule has 3 heteroatoms. The van der Waals surface area contributed by atoms with Crippen LogP contribution in [-0.4, -0.2) is 31.6 Å². The van der Waals surface area contributed by atoms with Crippen LogP contribution in [0.4, 0.5) is 0 Å². The number of rotatable bonds is 4. The van der Waals surface area contributed by atoms with Crippen molar-refractivity contribution in [1.29, 1.82) is 0 Å². The lowest BCUT2D eigenvalue weighted by atomic mass is 9.97. The number of Topliss-reactive ketones (excluding diaryl/α,β-unsaturated/α-hetero) is 1. The van der Waals surface area contributed by atoms with E-state index in [-0.39, 0.29) is 5.92 Å². The molecule has 1 N–H and O–H groups in total. The summed E-state index contributed by atoms with van der Waals surface area (Å²) in [7, 11) is 0. The van der Waals surface area contributed by atoms with Crippen LogP contribution in [0.15, 0.2) is 0 Å². The fourth-order valence-corrected chi connectivity index (χ4v) is 2.51. The summed E-state index contributed by atoms with van der Waals surface area (Å²) in [6, 6.07) is 0.596. The highest BCUT2D eigenvalue weighted by molar-refractivity contribution is 5.83. The van der Waals surface area contributed by atoms with Crippen LogP contribution in [0.5, 0.6) is 0 Å². The van der Waals surface area contributed by atoms with Crippen molar-refractivity contribution in [3.05, 3.63) is 0 Å². The first kappa shape index (κ1) is 11.1. The monoisotopic (exact) mass is 211 g/mol. The number of ether oxygens (including phenoxy) is 1. The molecular formula is C12H21NO2. The van der Waals surface area contributed by atoms with Gasteiger partial charge >= 0.3 is 0 Å². The van der Waals surface area contributed by atoms with Crippen molar-refractivity contribution in [2.75, 3.05) is 19.8 Å². The van der Waals surface area contributed by atoms with Gasteiger partial charge in [-0.2, -0.15) is 0 Å². The van der Waals surface area contributed by atoms with Gasteiger partial charge in [-0.3, -0.25) is 4.79 Å². The Bertz CT molecular complexity index is 206. The summed E-state index contributed by atoms with van der Waals surface area (Å²) >= 11 is 0.